The van der Waals surface area contributed by atoms with E-state index in [1.54, 1.807) is 18.2 Å². The monoisotopic (exact) mass is 193 g/mol. The first-order valence-electron chi connectivity index (χ1n) is 4.44. The van der Waals surface area contributed by atoms with Gasteiger partial charge in [0.15, 0.2) is 0 Å². The summed E-state index contributed by atoms with van der Waals surface area (Å²) >= 11 is 0. The largest absolute Gasteiger partial charge is 0.491 e. The van der Waals surface area contributed by atoms with E-state index in [0.717, 1.165) is 0 Å². The van der Waals surface area contributed by atoms with E-state index in [9.17, 15) is 4.79 Å². The quantitative estimate of drug-likeness (QED) is 0.658. The summed E-state index contributed by atoms with van der Waals surface area (Å²) in [5, 5.41) is 8.98. The number of nitrogen functional groups attached to an aromatic ring is 1. The van der Waals surface area contributed by atoms with E-state index in [1.165, 1.54) is 0 Å². The van der Waals surface area contributed by atoms with Gasteiger partial charge in [0.2, 0.25) is 0 Å². The molecule has 3 N–H and O–H groups in total. The van der Waals surface area contributed by atoms with Crippen molar-refractivity contribution in [2.45, 2.75) is 12.3 Å². The van der Waals surface area contributed by atoms with Gasteiger partial charge in [0.25, 0.3) is 0 Å². The SMILES string of the molecule is Nc1cccc2c1OCCC2C(=O)O. The van der Waals surface area contributed by atoms with Crippen LogP contribution in [-0.4, -0.2) is 17.7 Å². The Morgan fingerprint density at radius 3 is 3.07 bits per heavy atom. The Hall–Kier alpha value is -1.71. The highest BCUT2D eigenvalue weighted by Gasteiger charge is 2.28. The molecule has 0 aromatic heterocycles. The number of carbonyl (C=O) groups is 1. The molecule has 1 heterocycles. The molecular weight excluding hydrogens is 182 g/mol. The second kappa shape index (κ2) is 3.21. The van der Waals surface area contributed by atoms with E-state index < -0.39 is 11.9 Å². The molecule has 0 saturated heterocycles. The summed E-state index contributed by atoms with van der Waals surface area (Å²) in [5.41, 5.74) is 6.88. The van der Waals surface area contributed by atoms with Gasteiger partial charge >= 0.3 is 5.97 Å². The van der Waals surface area contributed by atoms with Crippen LogP contribution in [0.2, 0.25) is 0 Å². The second-order valence-electron chi connectivity index (χ2n) is 3.29. The number of aliphatic carboxylic acids is 1. The fourth-order valence-electron chi connectivity index (χ4n) is 1.71. The predicted molar refractivity (Wildman–Crippen MR) is 51.3 cm³/mol. The molecule has 2 rings (SSSR count). The van der Waals surface area contributed by atoms with Crippen molar-refractivity contribution in [1.29, 1.82) is 0 Å². The normalized spacial score (nSPS) is 19.6. The average molecular weight is 193 g/mol. The molecule has 1 unspecified atom stereocenters. The van der Waals surface area contributed by atoms with Gasteiger partial charge in [-0.3, -0.25) is 4.79 Å². The van der Waals surface area contributed by atoms with Crippen LogP contribution in [0.15, 0.2) is 18.2 Å². The Bertz CT molecular complexity index is 376. The number of benzene rings is 1. The zero-order valence-corrected chi connectivity index (χ0v) is 7.56. The highest BCUT2D eigenvalue weighted by molar-refractivity contribution is 5.79. The number of nitrogens with two attached hydrogens (primary N) is 1. The van der Waals surface area contributed by atoms with Crippen LogP contribution in [0.4, 0.5) is 5.69 Å². The molecule has 4 nitrogen and oxygen atoms in total. The third-order valence-electron chi connectivity index (χ3n) is 2.40. The number of carboxylic acid groups (broad SMARTS) is 1. The highest BCUT2D eigenvalue weighted by Crippen LogP contribution is 2.37. The molecule has 0 radical (unpaired) electrons. The van der Waals surface area contributed by atoms with Crippen molar-refractivity contribution in [3.63, 3.8) is 0 Å². The number of fused-ring (bicyclic) bond motifs is 1. The Morgan fingerprint density at radius 1 is 1.57 bits per heavy atom. The molecule has 0 bridgehead atoms. The number of hydrogen-bond acceptors (Lipinski definition) is 3. The standard InChI is InChI=1S/C10H11NO3/c11-8-3-1-2-6-7(10(12)13)4-5-14-9(6)8/h1-3,7H,4-5,11H2,(H,12,13). The molecule has 1 aromatic rings. The summed E-state index contributed by atoms with van der Waals surface area (Å²) in [5.74, 6) is -0.770. The van der Waals surface area contributed by atoms with Gasteiger partial charge in [-0.15, -0.1) is 0 Å². The van der Waals surface area contributed by atoms with E-state index >= 15 is 0 Å². The Labute approximate surface area is 81.3 Å². The lowest BCUT2D eigenvalue weighted by Crippen LogP contribution is -2.21. The lowest BCUT2D eigenvalue weighted by Gasteiger charge is -2.23. The number of carboxylic acids is 1. The predicted octanol–water partition coefficient (Wildman–Crippen LogP) is 1.22. The minimum atomic E-state index is -0.819. The van der Waals surface area contributed by atoms with Gasteiger partial charge in [-0.05, 0) is 12.5 Å². The van der Waals surface area contributed by atoms with Crippen molar-refractivity contribution in [2.24, 2.45) is 0 Å². The number of rotatable bonds is 1. The van der Waals surface area contributed by atoms with Crippen molar-refractivity contribution in [3.05, 3.63) is 23.8 Å². The van der Waals surface area contributed by atoms with E-state index in [1.807, 2.05) is 0 Å². The summed E-state index contributed by atoms with van der Waals surface area (Å²) in [6.07, 6.45) is 0.506. The molecule has 0 aliphatic carbocycles. The molecule has 4 heteroatoms. The molecule has 0 fully saturated rings. The lowest BCUT2D eigenvalue weighted by molar-refractivity contribution is -0.139. The van der Waals surface area contributed by atoms with Crippen molar-refractivity contribution in [2.75, 3.05) is 12.3 Å². The molecule has 1 aromatic carbocycles. The van der Waals surface area contributed by atoms with Crippen LogP contribution in [-0.2, 0) is 4.79 Å². The molecule has 1 aliphatic rings. The molecule has 0 amide bonds. The van der Waals surface area contributed by atoms with E-state index in [2.05, 4.69) is 0 Å². The van der Waals surface area contributed by atoms with Gasteiger partial charge in [-0.1, -0.05) is 12.1 Å². The lowest BCUT2D eigenvalue weighted by atomic mass is 9.93. The number of hydrogen-bond donors (Lipinski definition) is 2. The average Bonchev–Trinajstić information content (AvgIpc) is 2.17. The summed E-state index contributed by atoms with van der Waals surface area (Å²) in [7, 11) is 0. The van der Waals surface area contributed by atoms with Gasteiger partial charge in [-0.2, -0.15) is 0 Å². The Morgan fingerprint density at radius 2 is 2.36 bits per heavy atom. The number of para-hydroxylation sites is 1. The number of ether oxygens (including phenoxy) is 1. The van der Waals surface area contributed by atoms with Crippen molar-refractivity contribution in [3.8, 4) is 5.75 Å². The zero-order chi connectivity index (χ0) is 10.1. The molecule has 0 saturated carbocycles. The zero-order valence-electron chi connectivity index (χ0n) is 7.56. The molecule has 14 heavy (non-hydrogen) atoms. The third-order valence-corrected chi connectivity index (χ3v) is 2.40. The topological polar surface area (TPSA) is 72.5 Å². The summed E-state index contributed by atoms with van der Waals surface area (Å²) < 4.78 is 5.35. The maximum Gasteiger partial charge on any atom is 0.311 e. The first-order valence-corrected chi connectivity index (χ1v) is 4.44. The van der Waals surface area contributed by atoms with Gasteiger partial charge < -0.3 is 15.6 Å². The minimum absolute atomic E-state index is 0.415. The Kier molecular flexibility index (Phi) is 2.04. The van der Waals surface area contributed by atoms with Crippen molar-refractivity contribution in [1.82, 2.24) is 0 Å². The summed E-state index contributed by atoms with van der Waals surface area (Å²) in [6.45, 7) is 0.415. The number of anilines is 1. The third kappa shape index (κ3) is 1.28. The molecule has 1 aliphatic heterocycles. The van der Waals surface area contributed by atoms with Crippen molar-refractivity contribution < 1.29 is 14.6 Å². The van der Waals surface area contributed by atoms with Gasteiger partial charge in [0, 0.05) is 5.56 Å². The first kappa shape index (κ1) is 8.87. The maximum absolute atomic E-state index is 10.9. The summed E-state index contributed by atoms with van der Waals surface area (Å²) in [6, 6.07) is 5.21. The highest BCUT2D eigenvalue weighted by atomic mass is 16.5. The fraction of sp³-hybridized carbons (Fsp3) is 0.300. The Balaban J connectivity index is 2.49. The van der Waals surface area contributed by atoms with Crippen LogP contribution in [0, 0.1) is 0 Å². The van der Waals surface area contributed by atoms with Crippen LogP contribution in [0.5, 0.6) is 5.75 Å². The molecule has 1 atom stereocenters. The van der Waals surface area contributed by atoms with Gasteiger partial charge in [0.05, 0.1) is 18.2 Å². The summed E-state index contributed by atoms with van der Waals surface area (Å²) in [4.78, 5) is 10.9. The van der Waals surface area contributed by atoms with Crippen LogP contribution in [0.25, 0.3) is 0 Å². The molecule has 0 spiro atoms. The van der Waals surface area contributed by atoms with Gasteiger partial charge in [-0.25, -0.2) is 0 Å². The fourth-order valence-corrected chi connectivity index (χ4v) is 1.71. The van der Waals surface area contributed by atoms with Crippen LogP contribution in [0.1, 0.15) is 17.9 Å². The van der Waals surface area contributed by atoms with E-state index in [-0.39, 0.29) is 0 Å². The van der Waals surface area contributed by atoms with Gasteiger partial charge in [0.1, 0.15) is 5.75 Å². The van der Waals surface area contributed by atoms with Crippen LogP contribution < -0.4 is 10.5 Å². The second-order valence-corrected chi connectivity index (χ2v) is 3.29. The van der Waals surface area contributed by atoms with Crippen LogP contribution >= 0.6 is 0 Å². The van der Waals surface area contributed by atoms with E-state index in [4.69, 9.17) is 15.6 Å². The van der Waals surface area contributed by atoms with Crippen LogP contribution in [0.3, 0.4) is 0 Å². The smallest absolute Gasteiger partial charge is 0.311 e. The van der Waals surface area contributed by atoms with Crippen molar-refractivity contribution >= 4 is 11.7 Å². The van der Waals surface area contributed by atoms with E-state index in [0.29, 0.717) is 30.0 Å². The molecule has 74 valence electrons. The minimum Gasteiger partial charge on any atom is -0.491 e. The first-order chi connectivity index (χ1) is 6.70. The molecular formula is C10H11NO3. The maximum atomic E-state index is 10.9.